The average Bonchev–Trinajstić information content (AvgIpc) is 2.25. The fourth-order valence-corrected chi connectivity index (χ4v) is 3.28. The van der Waals surface area contributed by atoms with E-state index in [4.69, 9.17) is 0 Å². The van der Waals surface area contributed by atoms with E-state index in [0.717, 1.165) is 25.7 Å². The van der Waals surface area contributed by atoms with Crippen LogP contribution in [0.4, 0.5) is 0 Å². The first-order valence-corrected chi connectivity index (χ1v) is 7.39. The van der Waals surface area contributed by atoms with Crippen molar-refractivity contribution in [3.63, 3.8) is 0 Å². The third kappa shape index (κ3) is 3.93. The fraction of sp³-hybridized carbons (Fsp3) is 0.933. The smallest absolute Gasteiger partial charge is 0.223 e. The van der Waals surface area contributed by atoms with Gasteiger partial charge in [-0.15, -0.1) is 0 Å². The largest absolute Gasteiger partial charge is 0.353 e. The monoisotopic (exact) mass is 270 g/mol. The molecule has 19 heavy (non-hydrogen) atoms. The molecule has 1 aliphatic rings. The van der Waals surface area contributed by atoms with Crippen LogP contribution in [0.2, 0.25) is 0 Å². The first kappa shape index (κ1) is 16.4. The maximum atomic E-state index is 12.1. The first-order chi connectivity index (χ1) is 8.60. The van der Waals surface area contributed by atoms with Gasteiger partial charge in [-0.3, -0.25) is 4.79 Å². The molecule has 1 heterocycles. The molecule has 2 N–H and O–H groups in total. The van der Waals surface area contributed by atoms with Crippen LogP contribution in [0.5, 0.6) is 0 Å². The number of hydrogen-bond acceptors (Lipinski definition) is 3. The van der Waals surface area contributed by atoms with Gasteiger partial charge in [-0.2, -0.15) is 5.06 Å². The minimum absolute atomic E-state index is 0.0726. The summed E-state index contributed by atoms with van der Waals surface area (Å²) in [6, 6.07) is 0.139. The Kier molecular flexibility index (Phi) is 5.02. The molecule has 1 rings (SSSR count). The van der Waals surface area contributed by atoms with Gasteiger partial charge in [-0.25, -0.2) is 0 Å². The van der Waals surface area contributed by atoms with Gasteiger partial charge in [-0.1, -0.05) is 20.3 Å². The topological polar surface area (TPSA) is 52.6 Å². The molecule has 0 aromatic carbocycles. The quantitative estimate of drug-likeness (QED) is 0.826. The molecule has 1 atom stereocenters. The summed E-state index contributed by atoms with van der Waals surface area (Å²) in [5, 5.41) is 14.8. The van der Waals surface area contributed by atoms with Crippen LogP contribution in [-0.4, -0.2) is 33.3 Å². The van der Waals surface area contributed by atoms with E-state index in [9.17, 15) is 10.0 Å². The van der Waals surface area contributed by atoms with Crippen molar-refractivity contribution in [3.8, 4) is 0 Å². The Morgan fingerprint density at radius 3 is 2.21 bits per heavy atom. The molecular formula is C15H30N2O2. The van der Waals surface area contributed by atoms with Gasteiger partial charge in [0.25, 0.3) is 0 Å². The third-order valence-corrected chi connectivity index (χ3v) is 4.15. The molecule has 0 bridgehead atoms. The second-order valence-corrected chi connectivity index (χ2v) is 7.24. The van der Waals surface area contributed by atoms with Gasteiger partial charge in [-0.05, 0) is 47.0 Å². The van der Waals surface area contributed by atoms with Crippen LogP contribution >= 0.6 is 0 Å². The van der Waals surface area contributed by atoms with Crippen molar-refractivity contribution < 1.29 is 10.0 Å². The standard InChI is InChI=1S/C15H30N2O2/c1-7-8-11(2)13(18)16-12-9-14(3,4)17(19)15(5,6)10-12/h11-12,19H,7-10H2,1-6H3,(H,16,18). The van der Waals surface area contributed by atoms with Crippen molar-refractivity contribution in [2.24, 2.45) is 5.92 Å². The molecular weight excluding hydrogens is 240 g/mol. The summed E-state index contributed by atoms with van der Waals surface area (Å²) in [6.45, 7) is 12.1. The van der Waals surface area contributed by atoms with Gasteiger partial charge in [0, 0.05) is 23.0 Å². The van der Waals surface area contributed by atoms with Crippen LogP contribution in [0, 0.1) is 5.92 Å². The predicted molar refractivity (Wildman–Crippen MR) is 77.0 cm³/mol. The molecule has 1 saturated heterocycles. The Labute approximate surface area is 117 Å². The minimum Gasteiger partial charge on any atom is -0.353 e. The number of nitrogens with one attached hydrogen (secondary N) is 1. The van der Waals surface area contributed by atoms with Crippen LogP contribution in [0.3, 0.4) is 0 Å². The molecule has 112 valence electrons. The molecule has 0 aliphatic carbocycles. The minimum atomic E-state index is -0.312. The lowest BCUT2D eigenvalue weighted by Crippen LogP contribution is -2.63. The average molecular weight is 270 g/mol. The zero-order chi connectivity index (χ0) is 14.8. The van der Waals surface area contributed by atoms with Crippen molar-refractivity contribution >= 4 is 5.91 Å². The van der Waals surface area contributed by atoms with E-state index in [0.29, 0.717) is 0 Å². The lowest BCUT2D eigenvalue weighted by Gasteiger charge is -2.51. The number of nitrogens with zero attached hydrogens (tertiary/aromatic N) is 1. The third-order valence-electron chi connectivity index (χ3n) is 4.15. The van der Waals surface area contributed by atoms with Gasteiger partial charge >= 0.3 is 0 Å². The number of hydrogen-bond donors (Lipinski definition) is 2. The van der Waals surface area contributed by atoms with Crippen molar-refractivity contribution in [2.75, 3.05) is 0 Å². The Bertz CT molecular complexity index is 308. The van der Waals surface area contributed by atoms with Crippen molar-refractivity contribution in [1.82, 2.24) is 10.4 Å². The Morgan fingerprint density at radius 2 is 1.79 bits per heavy atom. The normalized spacial score (nSPS) is 25.0. The summed E-state index contributed by atoms with van der Waals surface area (Å²) in [6.07, 6.45) is 3.51. The Balaban J connectivity index is 2.68. The van der Waals surface area contributed by atoms with E-state index in [1.807, 2.05) is 34.6 Å². The van der Waals surface area contributed by atoms with Crippen molar-refractivity contribution in [2.45, 2.75) is 84.3 Å². The van der Waals surface area contributed by atoms with Gasteiger partial charge in [0.2, 0.25) is 5.91 Å². The van der Waals surface area contributed by atoms with Crippen LogP contribution in [-0.2, 0) is 4.79 Å². The molecule has 0 saturated carbocycles. The zero-order valence-electron chi connectivity index (χ0n) is 13.3. The highest BCUT2D eigenvalue weighted by Crippen LogP contribution is 2.36. The second-order valence-electron chi connectivity index (χ2n) is 7.24. The summed E-state index contributed by atoms with van der Waals surface area (Å²) in [4.78, 5) is 12.1. The molecule has 1 aliphatic heterocycles. The number of carbonyl (C=O) groups is 1. The van der Waals surface area contributed by atoms with Gasteiger partial charge in [0.05, 0.1) is 0 Å². The summed E-state index contributed by atoms with van der Waals surface area (Å²) < 4.78 is 0. The second kappa shape index (κ2) is 5.80. The SMILES string of the molecule is CCCC(C)C(=O)NC1CC(C)(C)N(O)C(C)(C)C1. The molecule has 1 unspecified atom stereocenters. The molecule has 1 amide bonds. The van der Waals surface area contributed by atoms with E-state index in [-0.39, 0.29) is 28.9 Å². The Hall–Kier alpha value is -0.610. The highest BCUT2D eigenvalue weighted by molar-refractivity contribution is 5.78. The molecule has 4 nitrogen and oxygen atoms in total. The summed E-state index contributed by atoms with van der Waals surface area (Å²) in [5.41, 5.74) is -0.624. The lowest BCUT2D eigenvalue weighted by molar-refractivity contribution is -0.246. The first-order valence-electron chi connectivity index (χ1n) is 7.39. The maximum absolute atomic E-state index is 12.1. The van der Waals surface area contributed by atoms with E-state index >= 15 is 0 Å². The summed E-state index contributed by atoms with van der Waals surface area (Å²) >= 11 is 0. The van der Waals surface area contributed by atoms with Crippen molar-refractivity contribution in [1.29, 1.82) is 0 Å². The van der Waals surface area contributed by atoms with Gasteiger partial charge in [0.1, 0.15) is 0 Å². The highest BCUT2D eigenvalue weighted by Gasteiger charge is 2.45. The number of piperidine rings is 1. The summed E-state index contributed by atoms with van der Waals surface area (Å²) in [5.74, 6) is 0.216. The fourth-order valence-electron chi connectivity index (χ4n) is 3.28. The number of rotatable bonds is 4. The van der Waals surface area contributed by atoms with E-state index in [1.165, 1.54) is 5.06 Å². The molecule has 0 radical (unpaired) electrons. The van der Waals surface area contributed by atoms with Crippen LogP contribution in [0.1, 0.15) is 67.2 Å². The Morgan fingerprint density at radius 1 is 1.32 bits per heavy atom. The van der Waals surface area contributed by atoms with E-state index in [2.05, 4.69) is 12.2 Å². The van der Waals surface area contributed by atoms with Gasteiger partial charge < -0.3 is 10.5 Å². The molecule has 4 heteroatoms. The zero-order valence-corrected chi connectivity index (χ0v) is 13.3. The molecule has 0 aromatic heterocycles. The molecule has 0 spiro atoms. The number of carbonyl (C=O) groups excluding carboxylic acids is 1. The maximum Gasteiger partial charge on any atom is 0.223 e. The predicted octanol–water partition coefficient (Wildman–Crippen LogP) is 2.95. The number of amides is 1. The van der Waals surface area contributed by atoms with Crippen molar-refractivity contribution in [3.05, 3.63) is 0 Å². The van der Waals surface area contributed by atoms with Gasteiger partial charge in [0.15, 0.2) is 0 Å². The highest BCUT2D eigenvalue weighted by atomic mass is 16.5. The van der Waals surface area contributed by atoms with Crippen LogP contribution in [0.25, 0.3) is 0 Å². The van der Waals surface area contributed by atoms with Crippen LogP contribution in [0.15, 0.2) is 0 Å². The van der Waals surface area contributed by atoms with E-state index in [1.54, 1.807) is 0 Å². The lowest BCUT2D eigenvalue weighted by atomic mass is 9.79. The van der Waals surface area contributed by atoms with Crippen LogP contribution < -0.4 is 5.32 Å². The molecule has 1 fully saturated rings. The number of hydroxylamine groups is 2. The summed E-state index contributed by atoms with van der Waals surface area (Å²) in [7, 11) is 0. The molecule has 0 aromatic rings. The van der Waals surface area contributed by atoms with E-state index < -0.39 is 0 Å².